The fourth-order valence-electron chi connectivity index (χ4n) is 3.18. The van der Waals surface area contributed by atoms with Gasteiger partial charge in [0.05, 0.1) is 18.6 Å². The summed E-state index contributed by atoms with van der Waals surface area (Å²) in [6, 6.07) is 15.6. The van der Waals surface area contributed by atoms with E-state index in [0.717, 1.165) is 36.1 Å². The van der Waals surface area contributed by atoms with Crippen LogP contribution in [0.2, 0.25) is 0 Å². The van der Waals surface area contributed by atoms with E-state index in [9.17, 15) is 19.5 Å². The van der Waals surface area contributed by atoms with Gasteiger partial charge < -0.3 is 20.1 Å². The van der Waals surface area contributed by atoms with Crippen LogP contribution in [0.25, 0.3) is 0 Å². The molecule has 0 aliphatic rings. The molecule has 0 aromatic heterocycles. The zero-order valence-electron chi connectivity index (χ0n) is 20.2. The highest BCUT2D eigenvalue weighted by Crippen LogP contribution is 2.25. The number of carboxylic acids is 1. The Labute approximate surface area is 205 Å². The van der Waals surface area contributed by atoms with E-state index in [1.807, 2.05) is 30.3 Å². The maximum atomic E-state index is 12.8. The Morgan fingerprint density at radius 1 is 1.03 bits per heavy atom. The van der Waals surface area contributed by atoms with Crippen LogP contribution in [0.1, 0.15) is 43.6 Å². The van der Waals surface area contributed by atoms with Gasteiger partial charge >= 0.3 is 5.97 Å². The molecule has 0 saturated carbocycles. The minimum Gasteiger partial charge on any atom is -0.480 e. The molecule has 2 aromatic carbocycles. The summed E-state index contributed by atoms with van der Waals surface area (Å²) in [7, 11) is 0. The second kappa shape index (κ2) is 13.2. The highest BCUT2D eigenvalue weighted by Gasteiger charge is 2.32. The van der Waals surface area contributed by atoms with E-state index in [-0.39, 0.29) is 24.1 Å². The third-order valence-corrected chi connectivity index (χ3v) is 6.77. The molecule has 0 saturated heterocycles. The van der Waals surface area contributed by atoms with Gasteiger partial charge in [-0.05, 0) is 31.5 Å². The summed E-state index contributed by atoms with van der Waals surface area (Å²) in [5.41, 5.74) is 1.66. The molecule has 0 bridgehead atoms. The van der Waals surface area contributed by atoms with Crippen molar-refractivity contribution in [3.63, 3.8) is 0 Å². The van der Waals surface area contributed by atoms with Gasteiger partial charge in [0.2, 0.25) is 11.0 Å². The lowest BCUT2D eigenvalue weighted by Gasteiger charge is -2.25. The molecule has 184 valence electrons. The topological polar surface area (TPSA) is 95.9 Å². The molecule has 34 heavy (non-hydrogen) atoms. The van der Waals surface area contributed by atoms with E-state index in [1.165, 1.54) is 0 Å². The lowest BCUT2D eigenvalue weighted by molar-refractivity contribution is -0.145. The van der Waals surface area contributed by atoms with Crippen molar-refractivity contribution >= 4 is 34.4 Å². The molecule has 2 rings (SSSR count). The van der Waals surface area contributed by atoms with Gasteiger partial charge in [0.15, 0.2) is 6.04 Å². The average molecular weight is 487 g/mol. The number of hydrogen-bond donors (Lipinski definition) is 2. The van der Waals surface area contributed by atoms with Crippen LogP contribution in [0.4, 0.5) is 5.69 Å². The summed E-state index contributed by atoms with van der Waals surface area (Å²) in [4.78, 5) is 39.0. The number of nitrogens with one attached hydrogen (secondary N) is 1. The first-order valence-electron chi connectivity index (χ1n) is 11.4. The maximum Gasteiger partial charge on any atom is 0.328 e. The minimum atomic E-state index is -1.18. The highest BCUT2D eigenvalue weighted by atomic mass is 32.2. The molecule has 0 unspecified atom stereocenters. The highest BCUT2D eigenvalue weighted by molar-refractivity contribution is 8.14. The Balaban J connectivity index is 1.86. The quantitative estimate of drug-likeness (QED) is 0.438. The Hall–Kier alpha value is -2.84. The van der Waals surface area contributed by atoms with Crippen molar-refractivity contribution in [3.8, 4) is 0 Å². The van der Waals surface area contributed by atoms with Gasteiger partial charge in [0.1, 0.15) is 0 Å². The Morgan fingerprint density at radius 2 is 1.65 bits per heavy atom. The number of aliphatic carboxylic acids is 1. The molecule has 0 aliphatic heterocycles. The fourth-order valence-corrected chi connectivity index (χ4v) is 4.11. The first-order valence-corrected chi connectivity index (χ1v) is 12.3. The van der Waals surface area contributed by atoms with Gasteiger partial charge in [-0.15, -0.1) is 0 Å². The molecular weight excluding hydrogens is 452 g/mol. The summed E-state index contributed by atoms with van der Waals surface area (Å²) in [5.74, 6) is -1.40. The second-order valence-electron chi connectivity index (χ2n) is 8.54. The molecular formula is C26H34N2O5S. The van der Waals surface area contributed by atoms with Crippen LogP contribution in [-0.4, -0.2) is 53.6 Å². The summed E-state index contributed by atoms with van der Waals surface area (Å²) in [6.07, 6.45) is 0. The van der Waals surface area contributed by atoms with Crippen molar-refractivity contribution in [2.24, 2.45) is 5.41 Å². The predicted octanol–water partition coefficient (Wildman–Crippen LogP) is 4.22. The Morgan fingerprint density at radius 3 is 2.21 bits per heavy atom. The van der Waals surface area contributed by atoms with Crippen LogP contribution in [-0.2, 0) is 20.9 Å². The van der Waals surface area contributed by atoms with Crippen molar-refractivity contribution < 1.29 is 24.2 Å². The van der Waals surface area contributed by atoms with Gasteiger partial charge in [-0.2, -0.15) is 0 Å². The van der Waals surface area contributed by atoms with Gasteiger partial charge in [-0.3, -0.25) is 9.59 Å². The van der Waals surface area contributed by atoms with E-state index >= 15 is 0 Å². The molecule has 2 aromatic rings. The van der Waals surface area contributed by atoms with Crippen molar-refractivity contribution in [1.29, 1.82) is 0 Å². The second-order valence-corrected chi connectivity index (χ2v) is 9.49. The van der Waals surface area contributed by atoms with E-state index in [4.69, 9.17) is 4.74 Å². The Kier molecular flexibility index (Phi) is 10.6. The molecule has 0 heterocycles. The van der Waals surface area contributed by atoms with E-state index in [0.29, 0.717) is 5.56 Å². The SMILES string of the molecule is CCN(CC)c1ccc(COC[C@H](NC(=O)C(C)(C)CSC(=O)c2ccccc2)C(=O)O)cc1. The number of ether oxygens (including phenoxy) is 1. The fraction of sp³-hybridized carbons (Fsp3) is 0.423. The molecule has 0 fully saturated rings. The molecule has 8 heteroatoms. The first kappa shape index (κ1) is 27.4. The number of hydrogen-bond acceptors (Lipinski definition) is 6. The molecule has 1 amide bonds. The molecule has 0 radical (unpaired) electrons. The van der Waals surface area contributed by atoms with Crippen LogP contribution < -0.4 is 10.2 Å². The first-order chi connectivity index (χ1) is 16.2. The lowest BCUT2D eigenvalue weighted by atomic mass is 9.95. The minimum absolute atomic E-state index is 0.133. The van der Waals surface area contributed by atoms with Crippen molar-refractivity contribution in [1.82, 2.24) is 5.32 Å². The smallest absolute Gasteiger partial charge is 0.328 e. The van der Waals surface area contributed by atoms with Gasteiger partial charge in [-0.25, -0.2) is 4.79 Å². The number of carbonyl (C=O) groups excluding carboxylic acids is 2. The molecule has 2 N–H and O–H groups in total. The summed E-state index contributed by atoms with van der Waals surface area (Å²) in [5, 5.41) is 12.0. The maximum absolute atomic E-state index is 12.8. The number of rotatable bonds is 13. The van der Waals surface area contributed by atoms with Crippen LogP contribution in [0.5, 0.6) is 0 Å². The van der Waals surface area contributed by atoms with Crippen molar-refractivity contribution in [2.45, 2.75) is 40.3 Å². The zero-order chi connectivity index (χ0) is 25.1. The lowest BCUT2D eigenvalue weighted by Crippen LogP contribution is -2.49. The molecule has 0 spiro atoms. The van der Waals surface area contributed by atoms with Gasteiger partial charge in [0.25, 0.3) is 0 Å². The van der Waals surface area contributed by atoms with E-state index < -0.39 is 23.3 Å². The third-order valence-electron chi connectivity index (χ3n) is 5.41. The number of anilines is 1. The monoisotopic (exact) mass is 486 g/mol. The van der Waals surface area contributed by atoms with Gasteiger partial charge in [0, 0.05) is 30.1 Å². The molecule has 1 atom stereocenters. The summed E-state index contributed by atoms with van der Waals surface area (Å²) >= 11 is 1.04. The van der Waals surface area contributed by atoms with Crippen LogP contribution >= 0.6 is 11.8 Å². The molecule has 0 aliphatic carbocycles. The number of thioether (sulfide) groups is 1. The number of carbonyl (C=O) groups is 3. The summed E-state index contributed by atoms with van der Waals surface area (Å²) in [6.45, 7) is 9.48. The van der Waals surface area contributed by atoms with Crippen LogP contribution in [0.15, 0.2) is 54.6 Å². The largest absolute Gasteiger partial charge is 0.480 e. The number of amides is 1. The van der Waals surface area contributed by atoms with Crippen LogP contribution in [0.3, 0.4) is 0 Å². The van der Waals surface area contributed by atoms with Crippen molar-refractivity contribution in [3.05, 3.63) is 65.7 Å². The van der Waals surface area contributed by atoms with E-state index in [2.05, 4.69) is 24.1 Å². The average Bonchev–Trinajstić information content (AvgIpc) is 2.84. The normalized spacial score (nSPS) is 12.1. The van der Waals surface area contributed by atoms with Crippen molar-refractivity contribution in [2.75, 3.05) is 30.3 Å². The standard InChI is InChI=1S/C26H34N2O5S/c1-5-28(6-2)21-14-12-19(13-15-21)16-33-17-22(23(29)30)27-25(32)26(3,4)18-34-24(31)20-10-8-7-9-11-20/h7-15,22H,5-6,16-18H2,1-4H3,(H,27,32)(H,29,30)/t22-/m0/s1. The zero-order valence-corrected chi connectivity index (χ0v) is 21.1. The number of benzene rings is 2. The predicted molar refractivity (Wildman–Crippen MR) is 136 cm³/mol. The van der Waals surface area contributed by atoms with Gasteiger partial charge in [-0.1, -0.05) is 68.1 Å². The number of nitrogens with zero attached hydrogens (tertiary/aromatic N) is 1. The molecule has 7 nitrogen and oxygen atoms in total. The van der Waals surface area contributed by atoms with E-state index in [1.54, 1.807) is 38.1 Å². The number of carboxylic acid groups (broad SMARTS) is 1. The third kappa shape index (κ3) is 8.18. The Bertz CT molecular complexity index is 943. The van der Waals surface area contributed by atoms with Crippen LogP contribution in [0, 0.1) is 5.41 Å². The summed E-state index contributed by atoms with van der Waals surface area (Å²) < 4.78 is 5.60.